The molecule has 0 radical (unpaired) electrons. The molecule has 122 valence electrons. The van der Waals surface area contributed by atoms with Gasteiger partial charge in [0.25, 0.3) is 0 Å². The van der Waals surface area contributed by atoms with E-state index in [1.165, 1.54) is 10.9 Å². The zero-order chi connectivity index (χ0) is 17.3. The van der Waals surface area contributed by atoms with Crippen LogP contribution in [0.1, 0.15) is 5.56 Å². The Morgan fingerprint density at radius 1 is 1.17 bits per heavy atom. The van der Waals surface area contributed by atoms with Crippen LogP contribution in [-0.4, -0.2) is 31.3 Å². The number of H-pyrrole nitrogens is 1. The minimum absolute atomic E-state index is 0.0884. The maximum Gasteiger partial charge on any atom is 0.216 e. The Kier molecular flexibility index (Phi) is 4.83. The molecular weight excluding hydrogens is 460 g/mol. The van der Waals surface area contributed by atoms with Gasteiger partial charge in [0.15, 0.2) is 5.82 Å². The quantitative estimate of drug-likeness (QED) is 0.391. The number of aromatic amines is 1. The molecule has 0 atom stereocenters. The van der Waals surface area contributed by atoms with Crippen molar-refractivity contribution in [3.8, 4) is 22.9 Å². The molecule has 3 rings (SSSR count). The molecule has 24 heavy (non-hydrogen) atoms. The van der Waals surface area contributed by atoms with E-state index in [1.807, 2.05) is 30.3 Å². The van der Waals surface area contributed by atoms with Crippen molar-refractivity contribution in [2.24, 2.45) is 5.10 Å². The molecule has 9 heteroatoms. The van der Waals surface area contributed by atoms with E-state index in [4.69, 9.17) is 12.2 Å². The molecule has 0 aliphatic rings. The van der Waals surface area contributed by atoms with E-state index in [0.717, 1.165) is 5.56 Å². The molecular formula is C15H10Br2N4O2S. The molecule has 0 aliphatic carbocycles. The van der Waals surface area contributed by atoms with Crippen LogP contribution in [0.4, 0.5) is 0 Å². The van der Waals surface area contributed by atoms with Crippen molar-refractivity contribution in [2.45, 2.75) is 0 Å². The third kappa shape index (κ3) is 3.14. The first-order chi connectivity index (χ1) is 11.5. The van der Waals surface area contributed by atoms with Crippen LogP contribution >= 0.6 is 44.1 Å². The molecule has 0 spiro atoms. The number of hydrogen-bond donors (Lipinski definition) is 3. The van der Waals surface area contributed by atoms with Crippen molar-refractivity contribution in [1.82, 2.24) is 14.9 Å². The molecule has 6 nitrogen and oxygen atoms in total. The fraction of sp³-hybridized carbons (Fsp3) is 0. The molecule has 0 bridgehead atoms. The van der Waals surface area contributed by atoms with E-state index in [1.54, 1.807) is 6.07 Å². The molecule has 0 unspecified atom stereocenters. The van der Waals surface area contributed by atoms with E-state index in [2.05, 4.69) is 47.2 Å². The summed E-state index contributed by atoms with van der Waals surface area (Å²) >= 11 is 11.5. The molecule has 1 aromatic heterocycles. The minimum atomic E-state index is -0.129. The third-order valence-electron chi connectivity index (χ3n) is 3.19. The van der Waals surface area contributed by atoms with Gasteiger partial charge in [0.05, 0.1) is 10.7 Å². The van der Waals surface area contributed by atoms with E-state index >= 15 is 0 Å². The predicted molar refractivity (Wildman–Crippen MR) is 101 cm³/mol. The number of aromatic nitrogens is 3. The van der Waals surface area contributed by atoms with Crippen molar-refractivity contribution < 1.29 is 10.2 Å². The second-order valence-electron chi connectivity index (χ2n) is 4.73. The number of nitrogens with zero attached hydrogens (tertiary/aromatic N) is 3. The lowest BCUT2D eigenvalue weighted by Gasteiger charge is -2.06. The topological polar surface area (TPSA) is 86.4 Å². The maximum absolute atomic E-state index is 10.1. The van der Waals surface area contributed by atoms with Crippen LogP contribution < -0.4 is 0 Å². The molecule has 2 aromatic carbocycles. The van der Waals surface area contributed by atoms with Crippen molar-refractivity contribution in [1.29, 1.82) is 0 Å². The van der Waals surface area contributed by atoms with Crippen LogP contribution in [0, 0.1) is 4.77 Å². The van der Waals surface area contributed by atoms with Crippen molar-refractivity contribution in [3.63, 3.8) is 0 Å². The molecule has 0 aliphatic heterocycles. The van der Waals surface area contributed by atoms with Gasteiger partial charge in [0.1, 0.15) is 16.0 Å². The van der Waals surface area contributed by atoms with Crippen LogP contribution in [0.5, 0.6) is 11.5 Å². The van der Waals surface area contributed by atoms with Crippen molar-refractivity contribution in [2.75, 3.05) is 0 Å². The van der Waals surface area contributed by atoms with Gasteiger partial charge >= 0.3 is 0 Å². The minimum Gasteiger partial charge on any atom is -0.506 e. The highest BCUT2D eigenvalue weighted by Gasteiger charge is 2.13. The number of rotatable bonds is 3. The Morgan fingerprint density at radius 2 is 1.88 bits per heavy atom. The van der Waals surface area contributed by atoms with Gasteiger partial charge in [-0.25, -0.2) is 5.10 Å². The summed E-state index contributed by atoms with van der Waals surface area (Å²) in [6.07, 6.45) is 1.43. The normalized spacial score (nSPS) is 11.2. The predicted octanol–water partition coefficient (Wildman–Crippen LogP) is 4.43. The lowest BCUT2D eigenvalue weighted by Crippen LogP contribution is -1.95. The van der Waals surface area contributed by atoms with Gasteiger partial charge in [-0.15, -0.1) is 0 Å². The summed E-state index contributed by atoms with van der Waals surface area (Å²) in [5.74, 6) is 0.332. The summed E-state index contributed by atoms with van der Waals surface area (Å²) < 4.78 is 2.38. The molecule has 0 fully saturated rings. The SMILES string of the molecule is Oc1c(Br)cc(/C=N/n2c(-c3ccccc3)n[nH]c2=S)c(O)c1Br. The van der Waals surface area contributed by atoms with Gasteiger partial charge in [-0.2, -0.15) is 14.9 Å². The summed E-state index contributed by atoms with van der Waals surface area (Å²) in [6.45, 7) is 0. The standard InChI is InChI=1S/C15H10Br2N4O2S/c16-10-6-9(12(22)11(17)13(10)23)7-18-21-14(19-20-15(21)24)8-4-2-1-3-5-8/h1-7,22-23H,(H,20,24)/b18-7+. The smallest absolute Gasteiger partial charge is 0.216 e. The van der Waals surface area contributed by atoms with E-state index in [9.17, 15) is 10.2 Å². The van der Waals surface area contributed by atoms with Crippen molar-refractivity contribution in [3.05, 3.63) is 55.7 Å². The summed E-state index contributed by atoms with van der Waals surface area (Å²) in [6, 6.07) is 11.0. The monoisotopic (exact) mass is 468 g/mol. The second kappa shape index (κ2) is 6.88. The highest BCUT2D eigenvalue weighted by atomic mass is 79.9. The number of phenolic OH excluding ortho intramolecular Hbond substituents is 2. The Balaban J connectivity index is 2.06. The Morgan fingerprint density at radius 3 is 2.58 bits per heavy atom. The van der Waals surface area contributed by atoms with Gasteiger partial charge < -0.3 is 10.2 Å². The molecule has 0 saturated heterocycles. The van der Waals surface area contributed by atoms with Crippen LogP contribution in [0.2, 0.25) is 0 Å². The van der Waals surface area contributed by atoms with Crippen LogP contribution in [0.3, 0.4) is 0 Å². The summed E-state index contributed by atoms with van der Waals surface area (Å²) in [5, 5.41) is 31.1. The first-order valence-corrected chi connectivity index (χ1v) is 8.65. The zero-order valence-corrected chi connectivity index (χ0v) is 15.9. The number of benzene rings is 2. The second-order valence-corrected chi connectivity index (χ2v) is 6.77. The van der Waals surface area contributed by atoms with Gasteiger partial charge in [-0.3, -0.25) is 0 Å². The number of aromatic hydroxyl groups is 2. The average Bonchev–Trinajstić information content (AvgIpc) is 2.96. The Bertz CT molecular complexity index is 983. The van der Waals surface area contributed by atoms with E-state index in [-0.39, 0.29) is 16.0 Å². The maximum atomic E-state index is 10.1. The molecule has 3 aromatic rings. The number of nitrogens with one attached hydrogen (secondary N) is 1. The van der Waals surface area contributed by atoms with Gasteiger partial charge in [-0.1, -0.05) is 30.3 Å². The molecule has 3 N–H and O–H groups in total. The highest BCUT2D eigenvalue weighted by molar-refractivity contribution is 9.11. The van der Waals surface area contributed by atoms with Crippen molar-refractivity contribution >= 4 is 50.3 Å². The molecule has 0 saturated carbocycles. The first kappa shape index (κ1) is 16.9. The summed E-state index contributed by atoms with van der Waals surface area (Å²) in [7, 11) is 0. The van der Waals surface area contributed by atoms with Crippen LogP contribution in [0.15, 0.2) is 50.4 Å². The third-order valence-corrected chi connectivity index (χ3v) is 4.81. The Labute approximate surface area is 158 Å². The Hall–Kier alpha value is -1.97. The van der Waals surface area contributed by atoms with Gasteiger partial charge in [0.2, 0.25) is 4.77 Å². The van der Waals surface area contributed by atoms with E-state index < -0.39 is 0 Å². The van der Waals surface area contributed by atoms with Gasteiger partial charge in [-0.05, 0) is 50.1 Å². The number of hydrogen-bond acceptors (Lipinski definition) is 5. The molecule has 0 amide bonds. The van der Waals surface area contributed by atoms with Gasteiger partial charge in [0, 0.05) is 11.1 Å². The van der Waals surface area contributed by atoms with E-state index in [0.29, 0.717) is 20.6 Å². The first-order valence-electron chi connectivity index (χ1n) is 6.66. The summed E-state index contributed by atoms with van der Waals surface area (Å²) in [5.41, 5.74) is 1.24. The lowest BCUT2D eigenvalue weighted by atomic mass is 10.2. The zero-order valence-electron chi connectivity index (χ0n) is 11.9. The largest absolute Gasteiger partial charge is 0.506 e. The lowest BCUT2D eigenvalue weighted by molar-refractivity contribution is 0.441. The number of phenols is 2. The average molecular weight is 470 g/mol. The van der Waals surface area contributed by atoms with Crippen LogP contribution in [-0.2, 0) is 0 Å². The molecule has 1 heterocycles. The highest BCUT2D eigenvalue weighted by Crippen LogP contribution is 2.40. The summed E-state index contributed by atoms with van der Waals surface area (Å²) in [4.78, 5) is 0. The number of halogens is 2. The fourth-order valence-electron chi connectivity index (χ4n) is 2.01. The fourth-order valence-corrected chi connectivity index (χ4v) is 3.34. The van der Waals surface area contributed by atoms with Crippen LogP contribution in [0.25, 0.3) is 11.4 Å².